The van der Waals surface area contributed by atoms with Gasteiger partial charge < -0.3 is 14.4 Å². The summed E-state index contributed by atoms with van der Waals surface area (Å²) in [5.41, 5.74) is 0.761. The minimum Gasteiger partial charge on any atom is -0.495 e. The van der Waals surface area contributed by atoms with Gasteiger partial charge in [-0.2, -0.15) is 0 Å². The molecule has 102 valence electrons. The Morgan fingerprint density at radius 1 is 1.47 bits per heavy atom. The number of halogens is 1. The van der Waals surface area contributed by atoms with Crippen LogP contribution < -0.4 is 4.74 Å². The van der Waals surface area contributed by atoms with E-state index >= 15 is 0 Å². The number of imidazole rings is 1. The van der Waals surface area contributed by atoms with Crippen LogP contribution in [0.25, 0.3) is 0 Å². The van der Waals surface area contributed by atoms with E-state index in [0.29, 0.717) is 17.2 Å². The Balaban J connectivity index is 2.16. The van der Waals surface area contributed by atoms with Gasteiger partial charge in [0.25, 0.3) is 0 Å². The molecule has 0 aliphatic rings. The molecule has 0 bridgehead atoms. The summed E-state index contributed by atoms with van der Waals surface area (Å²) in [5, 5.41) is 10.7. The van der Waals surface area contributed by atoms with Crippen LogP contribution in [0.1, 0.15) is 24.4 Å². The Hall–Kier alpha value is -1.52. The summed E-state index contributed by atoms with van der Waals surface area (Å²) in [4.78, 5) is 4.25. The summed E-state index contributed by atoms with van der Waals surface area (Å²) in [7, 11) is 1.56. The molecule has 0 fully saturated rings. The second-order valence-corrected chi connectivity index (χ2v) is 4.65. The standard InChI is InChI=1S/C14H17ClN2O2/c1-3-17-7-6-16-14(17)9-12(18)10-4-5-13(19-2)11(15)8-10/h4-8,12,18H,3,9H2,1-2H3. The number of rotatable bonds is 5. The van der Waals surface area contributed by atoms with Gasteiger partial charge in [0.2, 0.25) is 0 Å². The van der Waals surface area contributed by atoms with Crippen LogP contribution in [0.3, 0.4) is 0 Å². The van der Waals surface area contributed by atoms with Crippen molar-refractivity contribution >= 4 is 11.6 Å². The van der Waals surface area contributed by atoms with E-state index in [2.05, 4.69) is 4.98 Å². The number of benzene rings is 1. The largest absolute Gasteiger partial charge is 0.495 e. The van der Waals surface area contributed by atoms with E-state index in [1.165, 1.54) is 0 Å². The van der Waals surface area contributed by atoms with Crippen LogP contribution in [-0.2, 0) is 13.0 Å². The van der Waals surface area contributed by atoms with Crippen molar-refractivity contribution in [3.63, 3.8) is 0 Å². The first-order valence-corrected chi connectivity index (χ1v) is 6.55. The number of nitrogens with zero attached hydrogens (tertiary/aromatic N) is 2. The third-order valence-electron chi connectivity index (χ3n) is 3.08. The van der Waals surface area contributed by atoms with Crippen molar-refractivity contribution in [3.05, 3.63) is 47.0 Å². The summed E-state index contributed by atoms with van der Waals surface area (Å²) in [6, 6.07) is 5.30. The smallest absolute Gasteiger partial charge is 0.137 e. The summed E-state index contributed by atoms with van der Waals surface area (Å²) in [6.07, 6.45) is 3.48. The lowest BCUT2D eigenvalue weighted by Gasteiger charge is -2.13. The molecule has 2 rings (SSSR count). The Labute approximate surface area is 117 Å². The molecule has 0 radical (unpaired) electrons. The third-order valence-corrected chi connectivity index (χ3v) is 3.37. The maximum Gasteiger partial charge on any atom is 0.137 e. The number of hydrogen-bond donors (Lipinski definition) is 1. The van der Waals surface area contributed by atoms with Gasteiger partial charge >= 0.3 is 0 Å². The lowest BCUT2D eigenvalue weighted by molar-refractivity contribution is 0.174. The van der Waals surface area contributed by atoms with Gasteiger partial charge in [0, 0.05) is 25.4 Å². The van der Waals surface area contributed by atoms with Crippen molar-refractivity contribution in [3.8, 4) is 5.75 Å². The van der Waals surface area contributed by atoms with E-state index < -0.39 is 6.10 Å². The van der Waals surface area contributed by atoms with Crippen LogP contribution in [0.15, 0.2) is 30.6 Å². The number of methoxy groups -OCH3 is 1. The van der Waals surface area contributed by atoms with Gasteiger partial charge in [-0.1, -0.05) is 17.7 Å². The molecule has 0 spiro atoms. The van der Waals surface area contributed by atoms with Crippen molar-refractivity contribution in [1.82, 2.24) is 9.55 Å². The van der Waals surface area contributed by atoms with Crippen molar-refractivity contribution < 1.29 is 9.84 Å². The highest BCUT2D eigenvalue weighted by Gasteiger charge is 2.13. The molecule has 0 aliphatic carbocycles. The molecular weight excluding hydrogens is 264 g/mol. The van der Waals surface area contributed by atoms with Crippen molar-refractivity contribution in [1.29, 1.82) is 0 Å². The fraction of sp³-hybridized carbons (Fsp3) is 0.357. The minimum absolute atomic E-state index is 0.462. The highest BCUT2D eigenvalue weighted by molar-refractivity contribution is 6.32. The molecule has 0 aliphatic heterocycles. The zero-order chi connectivity index (χ0) is 13.8. The van der Waals surface area contributed by atoms with Gasteiger partial charge in [0.15, 0.2) is 0 Å². The number of aliphatic hydroxyl groups is 1. The van der Waals surface area contributed by atoms with E-state index in [4.69, 9.17) is 16.3 Å². The van der Waals surface area contributed by atoms with Crippen LogP contribution >= 0.6 is 11.6 Å². The zero-order valence-electron chi connectivity index (χ0n) is 11.0. The van der Waals surface area contributed by atoms with Crippen molar-refractivity contribution in [2.24, 2.45) is 0 Å². The normalized spacial score (nSPS) is 12.4. The Morgan fingerprint density at radius 2 is 2.26 bits per heavy atom. The molecule has 1 atom stereocenters. The van der Waals surface area contributed by atoms with Gasteiger partial charge in [0.05, 0.1) is 18.2 Å². The van der Waals surface area contributed by atoms with Gasteiger partial charge in [-0.15, -0.1) is 0 Å². The van der Waals surface area contributed by atoms with Gasteiger partial charge in [-0.3, -0.25) is 0 Å². The number of aromatic nitrogens is 2. The molecule has 0 amide bonds. The second-order valence-electron chi connectivity index (χ2n) is 4.24. The molecule has 4 nitrogen and oxygen atoms in total. The predicted octanol–water partition coefficient (Wildman–Crippen LogP) is 2.84. The van der Waals surface area contributed by atoms with Crippen molar-refractivity contribution in [2.75, 3.05) is 7.11 Å². The number of hydrogen-bond acceptors (Lipinski definition) is 3. The highest BCUT2D eigenvalue weighted by Crippen LogP contribution is 2.28. The molecule has 1 N–H and O–H groups in total. The van der Waals surface area contributed by atoms with Crippen molar-refractivity contribution in [2.45, 2.75) is 26.0 Å². The average Bonchev–Trinajstić information content (AvgIpc) is 2.85. The van der Waals surface area contributed by atoms with E-state index in [1.54, 1.807) is 25.4 Å². The number of aliphatic hydroxyl groups excluding tert-OH is 1. The first kappa shape index (κ1) is 13.9. The van der Waals surface area contributed by atoms with E-state index in [1.807, 2.05) is 23.8 Å². The zero-order valence-corrected chi connectivity index (χ0v) is 11.8. The third kappa shape index (κ3) is 3.08. The summed E-state index contributed by atoms with van der Waals surface area (Å²) < 4.78 is 7.10. The van der Waals surface area contributed by atoms with E-state index in [0.717, 1.165) is 17.9 Å². The molecule has 1 unspecified atom stereocenters. The highest BCUT2D eigenvalue weighted by atomic mass is 35.5. The van der Waals surface area contributed by atoms with E-state index in [9.17, 15) is 5.11 Å². The molecule has 2 aromatic rings. The maximum absolute atomic E-state index is 10.2. The molecular formula is C14H17ClN2O2. The Bertz CT molecular complexity index is 554. The van der Waals surface area contributed by atoms with Crippen LogP contribution in [0.4, 0.5) is 0 Å². The average molecular weight is 281 g/mol. The lowest BCUT2D eigenvalue weighted by atomic mass is 10.1. The lowest BCUT2D eigenvalue weighted by Crippen LogP contribution is -2.08. The Morgan fingerprint density at radius 3 is 2.89 bits per heavy atom. The molecule has 5 heteroatoms. The second kappa shape index (κ2) is 6.08. The SMILES string of the molecule is CCn1ccnc1CC(O)c1ccc(OC)c(Cl)c1. The first-order valence-electron chi connectivity index (χ1n) is 6.17. The summed E-state index contributed by atoms with van der Waals surface area (Å²) >= 11 is 6.06. The van der Waals surface area contributed by atoms with Gasteiger partial charge in [-0.05, 0) is 24.6 Å². The van der Waals surface area contributed by atoms with Crippen LogP contribution in [0.2, 0.25) is 5.02 Å². The summed E-state index contributed by atoms with van der Waals surface area (Å²) in [5.74, 6) is 1.47. The monoisotopic (exact) mass is 280 g/mol. The van der Waals surface area contributed by atoms with Gasteiger partial charge in [0.1, 0.15) is 11.6 Å². The first-order chi connectivity index (χ1) is 9.15. The molecule has 1 aromatic carbocycles. The molecule has 1 aromatic heterocycles. The van der Waals surface area contributed by atoms with E-state index in [-0.39, 0.29) is 0 Å². The fourth-order valence-electron chi connectivity index (χ4n) is 2.00. The molecule has 0 saturated heterocycles. The topological polar surface area (TPSA) is 47.3 Å². The molecule has 19 heavy (non-hydrogen) atoms. The predicted molar refractivity (Wildman–Crippen MR) is 74.6 cm³/mol. The fourth-order valence-corrected chi connectivity index (χ4v) is 2.26. The number of ether oxygens (including phenoxy) is 1. The number of aryl methyl sites for hydroxylation is 1. The minimum atomic E-state index is -0.629. The quantitative estimate of drug-likeness (QED) is 0.916. The van der Waals surface area contributed by atoms with Crippen LogP contribution in [-0.4, -0.2) is 21.8 Å². The van der Waals surface area contributed by atoms with Gasteiger partial charge in [-0.25, -0.2) is 4.98 Å². The van der Waals surface area contributed by atoms with Crippen LogP contribution in [0.5, 0.6) is 5.75 Å². The molecule has 0 saturated carbocycles. The maximum atomic E-state index is 10.2. The summed E-state index contributed by atoms with van der Waals surface area (Å²) in [6.45, 7) is 2.88. The van der Waals surface area contributed by atoms with Crippen LogP contribution in [0, 0.1) is 0 Å². The molecule has 1 heterocycles. The Kier molecular flexibility index (Phi) is 4.45.